The lowest BCUT2D eigenvalue weighted by Gasteiger charge is -2.12. The Hall–Kier alpha value is -2.71. The zero-order valence-corrected chi connectivity index (χ0v) is 15.0. The maximum Gasteiger partial charge on any atom is 0.337 e. The molecule has 8 heteroatoms. The summed E-state index contributed by atoms with van der Waals surface area (Å²) in [6.07, 6.45) is 0.0199. The Bertz CT molecular complexity index is 965. The van der Waals surface area contributed by atoms with Gasteiger partial charge < -0.3 is 24.9 Å². The number of esters is 1. The minimum Gasteiger partial charge on any atom is -0.465 e. The van der Waals surface area contributed by atoms with Crippen molar-refractivity contribution in [3.8, 4) is 0 Å². The Morgan fingerprint density at radius 2 is 2.12 bits per heavy atom. The normalized spacial score (nSPS) is 12.6. The molecule has 26 heavy (non-hydrogen) atoms. The molecule has 0 aliphatic carbocycles. The molecule has 0 spiro atoms. The first-order valence-electron chi connectivity index (χ1n) is 8.30. The molecule has 0 bridgehead atoms. The number of carbonyl (C=O) groups excluding carboxylic acids is 1. The van der Waals surface area contributed by atoms with Gasteiger partial charge in [0.2, 0.25) is 0 Å². The van der Waals surface area contributed by atoms with E-state index >= 15 is 0 Å². The van der Waals surface area contributed by atoms with Crippen LogP contribution < -0.4 is 5.73 Å². The lowest BCUT2D eigenvalue weighted by Crippen LogP contribution is -2.15. The van der Waals surface area contributed by atoms with Crippen LogP contribution in [0.5, 0.6) is 0 Å². The van der Waals surface area contributed by atoms with Crippen LogP contribution in [0.25, 0.3) is 21.9 Å². The second-order valence-electron chi connectivity index (χ2n) is 6.15. The van der Waals surface area contributed by atoms with E-state index in [1.54, 1.807) is 32.2 Å². The number of methoxy groups -OCH3 is 2. The molecule has 0 aliphatic heterocycles. The van der Waals surface area contributed by atoms with E-state index in [1.165, 1.54) is 7.11 Å². The van der Waals surface area contributed by atoms with Gasteiger partial charge >= 0.3 is 5.97 Å². The van der Waals surface area contributed by atoms with E-state index in [0.717, 1.165) is 16.7 Å². The van der Waals surface area contributed by atoms with Crippen molar-refractivity contribution in [1.82, 2.24) is 14.5 Å². The number of hydrogen-bond acceptors (Lipinski definition) is 7. The predicted molar refractivity (Wildman–Crippen MR) is 98.0 cm³/mol. The molecule has 0 fully saturated rings. The number of aliphatic hydroxyl groups is 1. The topological polar surface area (TPSA) is 112 Å². The zero-order chi connectivity index (χ0) is 18.8. The van der Waals surface area contributed by atoms with Gasteiger partial charge in [-0.3, -0.25) is 0 Å². The van der Waals surface area contributed by atoms with Crippen LogP contribution in [0.1, 0.15) is 23.1 Å². The third-order valence-corrected chi connectivity index (χ3v) is 4.18. The Morgan fingerprint density at radius 1 is 1.35 bits per heavy atom. The second kappa shape index (κ2) is 7.27. The number of aromatic nitrogens is 3. The van der Waals surface area contributed by atoms with E-state index in [1.807, 2.05) is 4.57 Å². The van der Waals surface area contributed by atoms with E-state index < -0.39 is 12.1 Å². The molecule has 2 heterocycles. The number of imidazole rings is 1. The number of nitrogens with zero attached hydrogens (tertiary/aromatic N) is 3. The molecule has 1 aromatic carbocycles. The van der Waals surface area contributed by atoms with Crippen LogP contribution in [0.15, 0.2) is 18.2 Å². The summed E-state index contributed by atoms with van der Waals surface area (Å²) in [5.74, 6) is 0.601. The first-order chi connectivity index (χ1) is 12.5. The minimum atomic E-state index is -0.563. The number of pyridine rings is 1. The average molecular weight is 358 g/mol. The van der Waals surface area contributed by atoms with Crippen LogP contribution in [0.4, 0.5) is 5.82 Å². The molecule has 0 aliphatic rings. The van der Waals surface area contributed by atoms with Crippen molar-refractivity contribution in [2.75, 3.05) is 26.6 Å². The van der Waals surface area contributed by atoms with Gasteiger partial charge in [0, 0.05) is 18.9 Å². The summed E-state index contributed by atoms with van der Waals surface area (Å²) in [5.41, 5.74) is 8.46. The predicted octanol–water partition coefficient (Wildman–Crippen LogP) is 1.52. The highest BCUT2D eigenvalue weighted by molar-refractivity contribution is 6.08. The molecule has 2 aromatic heterocycles. The number of rotatable bonds is 6. The molecule has 8 nitrogen and oxygen atoms in total. The molecule has 0 amide bonds. The van der Waals surface area contributed by atoms with Gasteiger partial charge in [0.15, 0.2) is 5.82 Å². The number of hydrogen-bond donors (Lipinski definition) is 2. The standard InChI is InChI=1S/C18H22N4O4/c1-10(23)9-22-14(6-7-25-2)21-15-16(22)12-5-4-11(18(24)26-3)8-13(12)20-17(15)19/h4-5,8,10,23H,6-7,9H2,1-3H3,(H2,19,20). The zero-order valence-electron chi connectivity index (χ0n) is 15.0. The smallest absolute Gasteiger partial charge is 0.337 e. The number of fused-ring (bicyclic) bond motifs is 3. The van der Waals surface area contributed by atoms with Crippen LogP contribution in [0, 0.1) is 0 Å². The maximum absolute atomic E-state index is 11.8. The quantitative estimate of drug-likeness (QED) is 0.642. The monoisotopic (exact) mass is 358 g/mol. The summed E-state index contributed by atoms with van der Waals surface area (Å²) in [7, 11) is 2.96. The highest BCUT2D eigenvalue weighted by atomic mass is 16.5. The number of ether oxygens (including phenoxy) is 2. The SMILES string of the molecule is COCCc1nc2c(N)nc3cc(C(=O)OC)ccc3c2n1CC(C)O. The van der Waals surface area contributed by atoms with E-state index in [2.05, 4.69) is 9.97 Å². The summed E-state index contributed by atoms with van der Waals surface area (Å²) in [6, 6.07) is 5.13. The molecular weight excluding hydrogens is 336 g/mol. The van der Waals surface area contributed by atoms with E-state index in [4.69, 9.17) is 15.2 Å². The van der Waals surface area contributed by atoms with Crippen molar-refractivity contribution in [2.24, 2.45) is 0 Å². The fourth-order valence-electron chi connectivity index (χ4n) is 3.05. The van der Waals surface area contributed by atoms with Crippen molar-refractivity contribution in [2.45, 2.75) is 26.0 Å². The molecule has 0 radical (unpaired) electrons. The molecule has 3 N–H and O–H groups in total. The summed E-state index contributed by atoms with van der Waals surface area (Å²) < 4.78 is 11.9. The Labute approximate surface area is 150 Å². The van der Waals surface area contributed by atoms with Gasteiger partial charge in [0.25, 0.3) is 0 Å². The van der Waals surface area contributed by atoms with Crippen LogP contribution in [0.3, 0.4) is 0 Å². The van der Waals surface area contributed by atoms with Gasteiger partial charge in [-0.1, -0.05) is 0 Å². The minimum absolute atomic E-state index is 0.275. The molecule has 138 valence electrons. The summed E-state index contributed by atoms with van der Waals surface area (Å²) in [5, 5.41) is 10.7. The molecule has 0 saturated heterocycles. The average Bonchev–Trinajstić information content (AvgIpc) is 2.97. The second-order valence-corrected chi connectivity index (χ2v) is 6.15. The lowest BCUT2D eigenvalue weighted by molar-refractivity contribution is 0.0601. The number of aliphatic hydroxyl groups excluding tert-OH is 1. The van der Waals surface area contributed by atoms with Gasteiger partial charge in [0.05, 0.1) is 43.0 Å². The number of benzene rings is 1. The largest absolute Gasteiger partial charge is 0.465 e. The lowest BCUT2D eigenvalue weighted by atomic mass is 10.1. The highest BCUT2D eigenvalue weighted by Gasteiger charge is 2.19. The van der Waals surface area contributed by atoms with Crippen molar-refractivity contribution in [3.63, 3.8) is 0 Å². The first-order valence-corrected chi connectivity index (χ1v) is 8.30. The van der Waals surface area contributed by atoms with Gasteiger partial charge in [-0.15, -0.1) is 0 Å². The molecule has 1 unspecified atom stereocenters. The summed E-state index contributed by atoms with van der Waals surface area (Å²) in [4.78, 5) is 20.8. The number of anilines is 1. The number of nitrogens with two attached hydrogens (primary N) is 1. The van der Waals surface area contributed by atoms with Gasteiger partial charge in [-0.25, -0.2) is 14.8 Å². The fraction of sp³-hybridized carbons (Fsp3) is 0.389. The molecule has 3 rings (SSSR count). The molecular formula is C18H22N4O4. The van der Waals surface area contributed by atoms with E-state index in [9.17, 15) is 9.90 Å². The number of carbonyl (C=O) groups is 1. The van der Waals surface area contributed by atoms with Gasteiger partial charge in [0.1, 0.15) is 11.3 Å². The van der Waals surface area contributed by atoms with Gasteiger partial charge in [-0.2, -0.15) is 0 Å². The maximum atomic E-state index is 11.8. The fourth-order valence-corrected chi connectivity index (χ4v) is 3.05. The van der Waals surface area contributed by atoms with Gasteiger partial charge in [-0.05, 0) is 25.1 Å². The Kier molecular flexibility index (Phi) is 5.06. The third kappa shape index (κ3) is 3.21. The van der Waals surface area contributed by atoms with E-state index in [-0.39, 0.29) is 5.82 Å². The van der Waals surface area contributed by atoms with Crippen molar-refractivity contribution < 1.29 is 19.4 Å². The molecule has 3 aromatic rings. The summed E-state index contributed by atoms with van der Waals surface area (Å²) >= 11 is 0. The van der Waals surface area contributed by atoms with Crippen LogP contribution in [-0.4, -0.2) is 52.5 Å². The van der Waals surface area contributed by atoms with Crippen LogP contribution >= 0.6 is 0 Å². The first kappa shape index (κ1) is 18.1. The highest BCUT2D eigenvalue weighted by Crippen LogP contribution is 2.30. The molecule has 1 atom stereocenters. The van der Waals surface area contributed by atoms with Crippen LogP contribution in [-0.2, 0) is 22.4 Å². The van der Waals surface area contributed by atoms with Crippen molar-refractivity contribution >= 4 is 33.7 Å². The Morgan fingerprint density at radius 3 is 2.77 bits per heavy atom. The van der Waals surface area contributed by atoms with Crippen LogP contribution in [0.2, 0.25) is 0 Å². The van der Waals surface area contributed by atoms with Crippen molar-refractivity contribution in [1.29, 1.82) is 0 Å². The third-order valence-electron chi connectivity index (χ3n) is 4.18. The van der Waals surface area contributed by atoms with Crippen molar-refractivity contribution in [3.05, 3.63) is 29.6 Å². The number of nitrogen functional groups attached to an aromatic ring is 1. The van der Waals surface area contributed by atoms with E-state index in [0.29, 0.717) is 36.2 Å². The molecule has 0 saturated carbocycles. The Balaban J connectivity index is 2.29. The summed E-state index contributed by atoms with van der Waals surface area (Å²) in [6.45, 7) is 2.59.